The number of carboxylic acid groups (broad SMARTS) is 1. The molecule has 3 heterocycles. The number of carboxylic acids is 1. The third-order valence-corrected chi connectivity index (χ3v) is 5.48. The number of hydrogen-bond acceptors (Lipinski definition) is 4. The highest BCUT2D eigenvalue weighted by molar-refractivity contribution is 7.12. The van der Waals surface area contributed by atoms with E-state index in [-0.39, 0.29) is 17.8 Å². The Labute approximate surface area is 150 Å². The number of aromatic nitrogens is 1. The highest BCUT2D eigenvalue weighted by Gasteiger charge is 2.38. The second-order valence-electron chi connectivity index (χ2n) is 5.71. The molecule has 0 fully saturated rings. The van der Waals surface area contributed by atoms with Crippen molar-refractivity contribution in [3.05, 3.63) is 50.8 Å². The fraction of sp³-hybridized carbons (Fsp3) is 0.118. The summed E-state index contributed by atoms with van der Waals surface area (Å²) in [5, 5.41) is 12.3. The molecule has 6 nitrogen and oxygen atoms in total. The number of halogens is 1. The molecular weight excluding hydrogens is 364 g/mol. The number of thiophene rings is 1. The Balaban J connectivity index is 2.05. The van der Waals surface area contributed by atoms with Gasteiger partial charge in [0.05, 0.1) is 22.5 Å². The van der Waals surface area contributed by atoms with Gasteiger partial charge >= 0.3 is 5.97 Å². The molecule has 0 aliphatic carbocycles. The molecule has 1 aromatic carbocycles. The normalized spacial score (nSPS) is 14.2. The lowest BCUT2D eigenvalue weighted by atomic mass is 10.1. The zero-order chi connectivity index (χ0) is 17.9. The molecule has 0 unspecified atom stereocenters. The third-order valence-electron chi connectivity index (χ3n) is 4.30. The van der Waals surface area contributed by atoms with Crippen LogP contribution in [0.2, 0.25) is 5.02 Å². The summed E-state index contributed by atoms with van der Waals surface area (Å²) in [4.78, 5) is 38.8. The Bertz CT molecular complexity index is 1080. The van der Waals surface area contributed by atoms with Crippen LogP contribution in [0.5, 0.6) is 0 Å². The molecule has 0 spiro atoms. The van der Waals surface area contributed by atoms with Crippen LogP contribution in [0.15, 0.2) is 29.6 Å². The van der Waals surface area contributed by atoms with Gasteiger partial charge in [0.2, 0.25) is 5.91 Å². The maximum absolute atomic E-state index is 12.9. The van der Waals surface area contributed by atoms with Gasteiger partial charge in [0, 0.05) is 17.5 Å². The number of imide groups is 1. The number of rotatable bonds is 2. The van der Waals surface area contributed by atoms with E-state index in [1.165, 1.54) is 15.9 Å². The SMILES string of the molecule is Cn1c(C(=O)O)c(N2C(=O)Cc3ccsc3C2=O)c2cc(Cl)ccc21. The minimum Gasteiger partial charge on any atom is -0.477 e. The molecule has 1 N–H and O–H groups in total. The first-order chi connectivity index (χ1) is 11.9. The van der Waals surface area contributed by atoms with Gasteiger partial charge in [-0.25, -0.2) is 9.69 Å². The number of hydrogen-bond donors (Lipinski definition) is 1. The summed E-state index contributed by atoms with van der Waals surface area (Å²) >= 11 is 7.30. The molecule has 0 bridgehead atoms. The lowest BCUT2D eigenvalue weighted by molar-refractivity contribution is -0.117. The van der Waals surface area contributed by atoms with Gasteiger partial charge < -0.3 is 9.67 Å². The Morgan fingerprint density at radius 2 is 2.04 bits per heavy atom. The Morgan fingerprint density at radius 1 is 1.28 bits per heavy atom. The van der Waals surface area contributed by atoms with E-state index in [1.807, 2.05) is 0 Å². The molecule has 126 valence electrons. The van der Waals surface area contributed by atoms with Crippen molar-refractivity contribution in [1.29, 1.82) is 0 Å². The Hall–Kier alpha value is -2.64. The maximum atomic E-state index is 12.9. The summed E-state index contributed by atoms with van der Waals surface area (Å²) < 4.78 is 1.45. The number of aryl methyl sites for hydroxylation is 1. The third kappa shape index (κ3) is 2.20. The highest BCUT2D eigenvalue weighted by Crippen LogP contribution is 2.38. The van der Waals surface area contributed by atoms with Crippen molar-refractivity contribution in [2.75, 3.05) is 4.90 Å². The van der Waals surface area contributed by atoms with Crippen molar-refractivity contribution in [2.45, 2.75) is 6.42 Å². The van der Waals surface area contributed by atoms with E-state index < -0.39 is 17.8 Å². The van der Waals surface area contributed by atoms with E-state index in [0.717, 1.165) is 4.90 Å². The molecule has 0 atom stereocenters. The van der Waals surface area contributed by atoms with Crippen molar-refractivity contribution in [3.8, 4) is 0 Å². The zero-order valence-electron chi connectivity index (χ0n) is 12.9. The van der Waals surface area contributed by atoms with Crippen molar-refractivity contribution in [1.82, 2.24) is 4.57 Å². The van der Waals surface area contributed by atoms with E-state index >= 15 is 0 Å². The molecule has 0 radical (unpaired) electrons. The Morgan fingerprint density at radius 3 is 2.76 bits per heavy atom. The molecule has 3 aromatic rings. The van der Waals surface area contributed by atoms with E-state index in [2.05, 4.69) is 0 Å². The number of anilines is 1. The number of amides is 2. The molecule has 8 heteroatoms. The maximum Gasteiger partial charge on any atom is 0.354 e. The molecule has 2 amide bonds. The molecule has 0 saturated carbocycles. The number of aromatic carboxylic acids is 1. The monoisotopic (exact) mass is 374 g/mol. The summed E-state index contributed by atoms with van der Waals surface area (Å²) in [7, 11) is 1.58. The fourth-order valence-corrected chi connectivity index (χ4v) is 4.24. The van der Waals surface area contributed by atoms with E-state index in [0.29, 0.717) is 26.4 Å². The topological polar surface area (TPSA) is 79.6 Å². The van der Waals surface area contributed by atoms with Crippen LogP contribution in [0.4, 0.5) is 5.69 Å². The minimum absolute atomic E-state index is 0.0561. The predicted molar refractivity (Wildman–Crippen MR) is 94.7 cm³/mol. The number of carbonyl (C=O) groups excluding carboxylic acids is 2. The quantitative estimate of drug-likeness (QED) is 0.698. The van der Waals surface area contributed by atoms with Gasteiger partial charge in [-0.2, -0.15) is 0 Å². The van der Waals surface area contributed by atoms with Gasteiger partial charge in [0.15, 0.2) is 5.69 Å². The second-order valence-corrected chi connectivity index (χ2v) is 7.06. The predicted octanol–water partition coefficient (Wildman–Crippen LogP) is 3.32. The van der Waals surface area contributed by atoms with Gasteiger partial charge in [-0.1, -0.05) is 11.6 Å². The Kier molecular flexibility index (Phi) is 3.45. The number of carbonyl (C=O) groups is 3. The summed E-state index contributed by atoms with van der Waals surface area (Å²) in [5.74, 6) is -2.18. The number of nitrogens with zero attached hydrogens (tertiary/aromatic N) is 2. The van der Waals surface area contributed by atoms with Gasteiger partial charge in [-0.05, 0) is 35.2 Å². The van der Waals surface area contributed by atoms with Crippen molar-refractivity contribution < 1.29 is 19.5 Å². The standard InChI is InChI=1S/C17H11ClN2O4S/c1-19-11-3-2-9(18)7-10(11)13(14(19)17(23)24)20-12(21)6-8-4-5-25-15(8)16(20)22/h2-5,7H,6H2,1H3,(H,23,24). The van der Waals surface area contributed by atoms with Crippen molar-refractivity contribution >= 4 is 57.3 Å². The van der Waals surface area contributed by atoms with Crippen LogP contribution in [0.1, 0.15) is 25.7 Å². The number of benzene rings is 1. The molecule has 0 saturated heterocycles. The van der Waals surface area contributed by atoms with Crippen LogP contribution >= 0.6 is 22.9 Å². The van der Waals surface area contributed by atoms with E-state index in [4.69, 9.17) is 11.6 Å². The molecule has 1 aliphatic rings. The first-order valence-corrected chi connectivity index (χ1v) is 8.60. The van der Waals surface area contributed by atoms with Gasteiger partial charge in [-0.3, -0.25) is 9.59 Å². The van der Waals surface area contributed by atoms with Crippen LogP contribution in [-0.2, 0) is 18.3 Å². The highest BCUT2D eigenvalue weighted by atomic mass is 35.5. The average Bonchev–Trinajstić information content (AvgIpc) is 3.11. The molecule has 1 aliphatic heterocycles. The van der Waals surface area contributed by atoms with Crippen LogP contribution in [0.3, 0.4) is 0 Å². The van der Waals surface area contributed by atoms with Gasteiger partial charge in [0.1, 0.15) is 0 Å². The molecular formula is C17H11ClN2O4S. The van der Waals surface area contributed by atoms with Crippen LogP contribution < -0.4 is 4.90 Å². The van der Waals surface area contributed by atoms with Crippen LogP contribution in [0, 0.1) is 0 Å². The zero-order valence-corrected chi connectivity index (χ0v) is 14.5. The largest absolute Gasteiger partial charge is 0.477 e. The summed E-state index contributed by atoms with van der Waals surface area (Å²) in [6, 6.07) is 6.62. The average molecular weight is 375 g/mol. The smallest absolute Gasteiger partial charge is 0.354 e. The summed E-state index contributed by atoms with van der Waals surface area (Å²) in [6.07, 6.45) is 0.0561. The molecule has 4 rings (SSSR count). The second kappa shape index (κ2) is 5.44. The van der Waals surface area contributed by atoms with Gasteiger partial charge in [-0.15, -0.1) is 11.3 Å². The first-order valence-electron chi connectivity index (χ1n) is 7.35. The van der Waals surface area contributed by atoms with Crippen LogP contribution in [-0.4, -0.2) is 27.5 Å². The minimum atomic E-state index is -1.22. The van der Waals surface area contributed by atoms with Crippen molar-refractivity contribution in [2.24, 2.45) is 7.05 Å². The van der Waals surface area contributed by atoms with E-state index in [1.54, 1.807) is 36.7 Å². The van der Waals surface area contributed by atoms with Gasteiger partial charge in [0.25, 0.3) is 5.91 Å². The number of fused-ring (bicyclic) bond motifs is 2. The fourth-order valence-electron chi connectivity index (χ4n) is 3.21. The first kappa shape index (κ1) is 15.9. The molecule has 2 aromatic heterocycles. The summed E-state index contributed by atoms with van der Waals surface area (Å²) in [6.45, 7) is 0. The summed E-state index contributed by atoms with van der Waals surface area (Å²) in [5.41, 5.74) is 1.20. The molecule has 25 heavy (non-hydrogen) atoms. The van der Waals surface area contributed by atoms with E-state index in [9.17, 15) is 19.5 Å². The van der Waals surface area contributed by atoms with Crippen molar-refractivity contribution in [3.63, 3.8) is 0 Å². The lowest BCUT2D eigenvalue weighted by Crippen LogP contribution is -2.42. The lowest BCUT2D eigenvalue weighted by Gasteiger charge is -2.25. The van der Waals surface area contributed by atoms with Crippen LogP contribution in [0.25, 0.3) is 10.9 Å².